The predicted octanol–water partition coefficient (Wildman–Crippen LogP) is 2.67. The highest BCUT2D eigenvalue weighted by Gasteiger charge is 2.11. The van der Waals surface area contributed by atoms with Crippen LogP contribution in [0, 0.1) is 0 Å². The first-order valence-electron chi connectivity index (χ1n) is 6.46. The van der Waals surface area contributed by atoms with E-state index in [9.17, 15) is 4.79 Å². The van der Waals surface area contributed by atoms with Gasteiger partial charge in [0.05, 0.1) is 18.5 Å². The van der Waals surface area contributed by atoms with Crippen molar-refractivity contribution in [3.8, 4) is 5.75 Å². The van der Waals surface area contributed by atoms with Crippen molar-refractivity contribution in [2.45, 2.75) is 6.42 Å². The highest BCUT2D eigenvalue weighted by Crippen LogP contribution is 2.26. The van der Waals surface area contributed by atoms with Gasteiger partial charge in [-0.05, 0) is 41.5 Å². The molecule has 1 N–H and O–H groups in total. The second-order valence-corrected chi connectivity index (χ2v) is 4.53. The third-order valence-corrected chi connectivity index (χ3v) is 3.07. The average molecular weight is 266 g/mol. The maximum absolute atomic E-state index is 11.8. The maximum Gasteiger partial charge on any atom is 0.248 e. The number of ether oxygens (including phenoxy) is 1. The zero-order valence-electron chi connectivity index (χ0n) is 10.9. The van der Waals surface area contributed by atoms with Gasteiger partial charge < -0.3 is 10.1 Å². The van der Waals surface area contributed by atoms with Crippen LogP contribution in [0.4, 0.5) is 5.69 Å². The molecule has 0 spiro atoms. The Morgan fingerprint density at radius 3 is 3.15 bits per heavy atom. The molecule has 1 aliphatic rings. The van der Waals surface area contributed by atoms with Crippen molar-refractivity contribution in [2.24, 2.45) is 0 Å². The number of nitrogens with one attached hydrogen (secondary N) is 1. The fraction of sp³-hybridized carbons (Fsp3) is 0.125. The van der Waals surface area contributed by atoms with Crippen molar-refractivity contribution in [1.82, 2.24) is 4.98 Å². The fourth-order valence-corrected chi connectivity index (χ4v) is 2.10. The second kappa shape index (κ2) is 5.57. The monoisotopic (exact) mass is 266 g/mol. The molecule has 1 aromatic heterocycles. The van der Waals surface area contributed by atoms with Gasteiger partial charge in [0, 0.05) is 18.7 Å². The van der Waals surface area contributed by atoms with Crippen molar-refractivity contribution in [1.29, 1.82) is 0 Å². The maximum atomic E-state index is 11.8. The summed E-state index contributed by atoms with van der Waals surface area (Å²) in [5, 5.41) is 2.75. The summed E-state index contributed by atoms with van der Waals surface area (Å²) in [6.07, 6.45) is 7.52. The Morgan fingerprint density at radius 2 is 2.30 bits per heavy atom. The van der Waals surface area contributed by atoms with Crippen LogP contribution < -0.4 is 10.1 Å². The topological polar surface area (TPSA) is 51.2 Å². The Labute approximate surface area is 117 Å². The van der Waals surface area contributed by atoms with Crippen LogP contribution in [0.3, 0.4) is 0 Å². The summed E-state index contributed by atoms with van der Waals surface area (Å²) in [7, 11) is 0. The number of hydrogen-bond acceptors (Lipinski definition) is 3. The molecule has 1 aliphatic heterocycles. The molecule has 0 saturated carbocycles. The third-order valence-electron chi connectivity index (χ3n) is 3.07. The molecule has 1 aromatic carbocycles. The molecule has 100 valence electrons. The first kappa shape index (κ1) is 12.4. The zero-order chi connectivity index (χ0) is 13.8. The van der Waals surface area contributed by atoms with Gasteiger partial charge in [-0.1, -0.05) is 6.07 Å². The van der Waals surface area contributed by atoms with Gasteiger partial charge in [-0.3, -0.25) is 9.78 Å². The first-order valence-corrected chi connectivity index (χ1v) is 6.46. The van der Waals surface area contributed by atoms with Gasteiger partial charge >= 0.3 is 0 Å². The van der Waals surface area contributed by atoms with Crippen LogP contribution in [0.25, 0.3) is 6.08 Å². The smallest absolute Gasteiger partial charge is 0.248 e. The molecular weight excluding hydrogens is 252 g/mol. The number of nitrogens with zero attached hydrogens (tertiary/aromatic N) is 1. The molecule has 20 heavy (non-hydrogen) atoms. The summed E-state index contributed by atoms with van der Waals surface area (Å²) in [6.45, 7) is 0.740. The Kier molecular flexibility index (Phi) is 3.46. The molecule has 0 aliphatic carbocycles. The minimum absolute atomic E-state index is 0.172. The van der Waals surface area contributed by atoms with E-state index in [-0.39, 0.29) is 5.91 Å². The van der Waals surface area contributed by atoms with Gasteiger partial charge in [0.1, 0.15) is 5.75 Å². The van der Waals surface area contributed by atoms with Gasteiger partial charge in [0.2, 0.25) is 5.91 Å². The van der Waals surface area contributed by atoms with Crippen LogP contribution in [0.15, 0.2) is 48.8 Å². The van der Waals surface area contributed by atoms with E-state index in [0.717, 1.165) is 24.3 Å². The molecule has 0 atom stereocenters. The summed E-state index contributed by atoms with van der Waals surface area (Å²) in [5.74, 6) is 0.775. The summed E-state index contributed by atoms with van der Waals surface area (Å²) in [5.41, 5.74) is 2.87. The minimum atomic E-state index is -0.172. The quantitative estimate of drug-likeness (QED) is 0.869. The third kappa shape index (κ3) is 2.85. The average Bonchev–Trinajstić information content (AvgIpc) is 2.93. The number of fused-ring (bicyclic) bond motifs is 1. The standard InChI is InChI=1S/C16H14N2O2/c19-16(18-14-2-1-8-17-11-14)6-4-12-3-5-15-13(10-12)7-9-20-15/h1-6,8,10-11H,7,9H2,(H,18,19)/b6-4+. The molecule has 4 heteroatoms. The fourth-order valence-electron chi connectivity index (χ4n) is 2.10. The Hall–Kier alpha value is -2.62. The van der Waals surface area contributed by atoms with Gasteiger partial charge in [-0.2, -0.15) is 0 Å². The van der Waals surface area contributed by atoms with Crippen molar-refractivity contribution in [3.63, 3.8) is 0 Å². The lowest BCUT2D eigenvalue weighted by Gasteiger charge is -2.01. The van der Waals surface area contributed by atoms with Crippen molar-refractivity contribution in [2.75, 3.05) is 11.9 Å². The second-order valence-electron chi connectivity index (χ2n) is 4.53. The molecule has 0 unspecified atom stereocenters. The van der Waals surface area contributed by atoms with Crippen LogP contribution in [-0.4, -0.2) is 17.5 Å². The minimum Gasteiger partial charge on any atom is -0.493 e. The first-order chi connectivity index (χ1) is 9.81. The van der Waals surface area contributed by atoms with Crippen LogP contribution >= 0.6 is 0 Å². The van der Waals surface area contributed by atoms with Gasteiger partial charge in [-0.25, -0.2) is 0 Å². The van der Waals surface area contributed by atoms with Crippen molar-refractivity contribution < 1.29 is 9.53 Å². The van der Waals surface area contributed by atoms with E-state index in [2.05, 4.69) is 16.4 Å². The van der Waals surface area contributed by atoms with E-state index in [1.54, 1.807) is 30.6 Å². The van der Waals surface area contributed by atoms with Crippen LogP contribution in [0.1, 0.15) is 11.1 Å². The summed E-state index contributed by atoms with van der Waals surface area (Å²) >= 11 is 0. The van der Waals surface area contributed by atoms with E-state index >= 15 is 0 Å². The van der Waals surface area contributed by atoms with E-state index in [1.165, 1.54) is 11.6 Å². The normalized spacial score (nSPS) is 13.0. The molecular formula is C16H14N2O2. The number of carbonyl (C=O) groups is 1. The van der Waals surface area contributed by atoms with Crippen LogP contribution in [0.5, 0.6) is 5.75 Å². The SMILES string of the molecule is O=C(/C=C/c1ccc2c(c1)CCO2)Nc1cccnc1. The highest BCUT2D eigenvalue weighted by molar-refractivity contribution is 6.01. The van der Waals surface area contributed by atoms with E-state index in [4.69, 9.17) is 4.74 Å². The molecule has 0 bridgehead atoms. The molecule has 2 aromatic rings. The number of hydrogen-bond donors (Lipinski definition) is 1. The van der Waals surface area contributed by atoms with E-state index < -0.39 is 0 Å². The predicted molar refractivity (Wildman–Crippen MR) is 77.5 cm³/mol. The molecule has 0 fully saturated rings. The summed E-state index contributed by atoms with van der Waals surface area (Å²) in [4.78, 5) is 15.7. The molecule has 1 amide bonds. The lowest BCUT2D eigenvalue weighted by molar-refractivity contribution is -0.111. The summed E-state index contributed by atoms with van der Waals surface area (Å²) in [6, 6.07) is 9.51. The van der Waals surface area contributed by atoms with Crippen LogP contribution in [0.2, 0.25) is 0 Å². The number of rotatable bonds is 3. The molecule has 0 radical (unpaired) electrons. The number of benzene rings is 1. The number of pyridine rings is 1. The molecule has 3 rings (SSSR count). The van der Waals surface area contributed by atoms with Gasteiger partial charge in [0.15, 0.2) is 0 Å². The summed E-state index contributed by atoms with van der Waals surface area (Å²) < 4.78 is 5.45. The number of amides is 1. The molecule has 2 heterocycles. The lowest BCUT2D eigenvalue weighted by Crippen LogP contribution is -2.07. The van der Waals surface area contributed by atoms with Gasteiger partial charge in [-0.15, -0.1) is 0 Å². The van der Waals surface area contributed by atoms with E-state index in [0.29, 0.717) is 5.69 Å². The highest BCUT2D eigenvalue weighted by atomic mass is 16.5. The Bertz CT molecular complexity index is 651. The number of anilines is 1. The van der Waals surface area contributed by atoms with Crippen molar-refractivity contribution in [3.05, 3.63) is 59.9 Å². The van der Waals surface area contributed by atoms with Gasteiger partial charge in [0.25, 0.3) is 0 Å². The largest absolute Gasteiger partial charge is 0.493 e. The number of carbonyl (C=O) groups excluding carboxylic acids is 1. The lowest BCUT2D eigenvalue weighted by atomic mass is 10.1. The van der Waals surface area contributed by atoms with Crippen molar-refractivity contribution >= 4 is 17.7 Å². The molecule has 4 nitrogen and oxygen atoms in total. The Morgan fingerprint density at radius 1 is 1.35 bits per heavy atom. The Balaban J connectivity index is 1.66. The number of aromatic nitrogens is 1. The zero-order valence-corrected chi connectivity index (χ0v) is 10.9. The van der Waals surface area contributed by atoms with Crippen LogP contribution in [-0.2, 0) is 11.2 Å². The molecule has 0 saturated heterocycles. The van der Waals surface area contributed by atoms with E-state index in [1.807, 2.05) is 12.1 Å².